The average Bonchev–Trinajstić information content (AvgIpc) is 2.71. The number of carbonyl (C=O) groups is 1. The zero-order valence-corrected chi connectivity index (χ0v) is 13.5. The average molecular weight is 339 g/mol. The third kappa shape index (κ3) is 3.07. The van der Waals surface area contributed by atoms with Crippen LogP contribution in [-0.2, 0) is 0 Å². The standard InChI is InChI=1S/C15H15BrO2S/c1-4-18-12-6-5-9(2)7-11(12)14(17)13-8-10(3)15(16)19-13/h5-8H,4H2,1-3H3. The number of hydrogen-bond acceptors (Lipinski definition) is 3. The lowest BCUT2D eigenvalue weighted by Crippen LogP contribution is -2.04. The third-order valence-electron chi connectivity index (χ3n) is 2.76. The largest absolute Gasteiger partial charge is 0.493 e. The van der Waals surface area contributed by atoms with E-state index in [0.29, 0.717) is 17.9 Å². The molecule has 0 unspecified atom stereocenters. The van der Waals surface area contributed by atoms with Gasteiger partial charge in [-0.15, -0.1) is 11.3 Å². The first-order valence-corrected chi connectivity index (χ1v) is 7.68. The Morgan fingerprint density at radius 1 is 1.32 bits per heavy atom. The third-order valence-corrected chi connectivity index (χ3v) is 4.90. The molecule has 1 aromatic carbocycles. The Hall–Kier alpha value is -1.13. The van der Waals surface area contributed by atoms with Crippen LogP contribution in [0.4, 0.5) is 0 Å². The van der Waals surface area contributed by atoms with Crippen LogP contribution in [0.5, 0.6) is 5.75 Å². The SMILES string of the molecule is CCOc1ccc(C)cc1C(=O)c1cc(C)c(Br)s1. The fourth-order valence-electron chi connectivity index (χ4n) is 1.81. The van der Waals surface area contributed by atoms with Crippen molar-refractivity contribution in [3.8, 4) is 5.75 Å². The van der Waals surface area contributed by atoms with E-state index in [-0.39, 0.29) is 5.78 Å². The summed E-state index contributed by atoms with van der Waals surface area (Å²) in [6.07, 6.45) is 0. The molecule has 1 aromatic heterocycles. The van der Waals surface area contributed by atoms with Gasteiger partial charge in [-0.1, -0.05) is 11.6 Å². The molecule has 0 aliphatic rings. The highest BCUT2D eigenvalue weighted by molar-refractivity contribution is 9.11. The van der Waals surface area contributed by atoms with E-state index in [1.54, 1.807) is 0 Å². The van der Waals surface area contributed by atoms with Crippen molar-refractivity contribution in [2.75, 3.05) is 6.61 Å². The van der Waals surface area contributed by atoms with E-state index in [2.05, 4.69) is 15.9 Å². The van der Waals surface area contributed by atoms with E-state index in [1.165, 1.54) is 11.3 Å². The number of hydrogen-bond donors (Lipinski definition) is 0. The van der Waals surface area contributed by atoms with Gasteiger partial charge in [-0.2, -0.15) is 0 Å². The van der Waals surface area contributed by atoms with Gasteiger partial charge in [-0.3, -0.25) is 4.79 Å². The predicted octanol–water partition coefficient (Wildman–Crippen LogP) is 4.76. The molecule has 2 aromatic rings. The van der Waals surface area contributed by atoms with Crippen LogP contribution in [0.1, 0.15) is 33.3 Å². The maximum absolute atomic E-state index is 12.6. The van der Waals surface area contributed by atoms with Crippen LogP contribution in [0.3, 0.4) is 0 Å². The molecule has 0 aliphatic carbocycles. The second-order valence-corrected chi connectivity index (χ2v) is 6.70. The van der Waals surface area contributed by atoms with Crippen LogP contribution in [0, 0.1) is 13.8 Å². The molecule has 4 heteroatoms. The Balaban J connectivity index is 2.45. The van der Waals surface area contributed by atoms with Crippen molar-refractivity contribution in [1.82, 2.24) is 0 Å². The van der Waals surface area contributed by atoms with Crippen molar-refractivity contribution in [1.29, 1.82) is 0 Å². The predicted molar refractivity (Wildman–Crippen MR) is 82.5 cm³/mol. The van der Waals surface area contributed by atoms with Gasteiger partial charge in [-0.05, 0) is 60.5 Å². The Bertz CT molecular complexity index is 597. The minimum atomic E-state index is 0.0194. The number of ether oxygens (including phenoxy) is 1. The van der Waals surface area contributed by atoms with Gasteiger partial charge in [0.1, 0.15) is 5.75 Å². The lowest BCUT2D eigenvalue weighted by molar-refractivity contribution is 0.103. The Labute approximate surface area is 125 Å². The summed E-state index contributed by atoms with van der Waals surface area (Å²) in [5.74, 6) is 0.672. The number of ketones is 1. The molecule has 100 valence electrons. The van der Waals surface area contributed by atoms with Crippen molar-refractivity contribution in [2.45, 2.75) is 20.8 Å². The summed E-state index contributed by atoms with van der Waals surface area (Å²) in [6.45, 7) is 6.43. The van der Waals surface area contributed by atoms with Gasteiger partial charge in [0.25, 0.3) is 0 Å². The monoisotopic (exact) mass is 338 g/mol. The Morgan fingerprint density at radius 3 is 2.63 bits per heavy atom. The smallest absolute Gasteiger partial charge is 0.206 e. The van der Waals surface area contributed by atoms with Crippen LogP contribution in [0.25, 0.3) is 0 Å². The highest BCUT2D eigenvalue weighted by atomic mass is 79.9. The molecule has 0 saturated heterocycles. The minimum Gasteiger partial charge on any atom is -0.493 e. The van der Waals surface area contributed by atoms with E-state index in [4.69, 9.17) is 4.74 Å². The second kappa shape index (κ2) is 5.88. The van der Waals surface area contributed by atoms with Gasteiger partial charge in [0, 0.05) is 0 Å². The van der Waals surface area contributed by atoms with Gasteiger partial charge < -0.3 is 4.74 Å². The molecule has 1 heterocycles. The molecule has 0 atom stereocenters. The van der Waals surface area contributed by atoms with Crippen molar-refractivity contribution in [3.05, 3.63) is 49.6 Å². The lowest BCUT2D eigenvalue weighted by Gasteiger charge is -2.09. The highest BCUT2D eigenvalue weighted by Gasteiger charge is 2.18. The molecule has 0 saturated carbocycles. The first-order valence-electron chi connectivity index (χ1n) is 6.07. The highest BCUT2D eigenvalue weighted by Crippen LogP contribution is 2.31. The fraction of sp³-hybridized carbons (Fsp3) is 0.267. The number of thiophene rings is 1. The number of rotatable bonds is 4. The summed E-state index contributed by atoms with van der Waals surface area (Å²) >= 11 is 4.92. The molecule has 0 fully saturated rings. The summed E-state index contributed by atoms with van der Waals surface area (Å²) in [5.41, 5.74) is 2.77. The molecule has 2 rings (SSSR count). The topological polar surface area (TPSA) is 26.3 Å². The maximum Gasteiger partial charge on any atom is 0.206 e. The van der Waals surface area contributed by atoms with Crippen LogP contribution < -0.4 is 4.74 Å². The zero-order valence-electron chi connectivity index (χ0n) is 11.1. The summed E-state index contributed by atoms with van der Waals surface area (Å²) in [6, 6.07) is 7.62. The van der Waals surface area contributed by atoms with Crippen molar-refractivity contribution < 1.29 is 9.53 Å². The van der Waals surface area contributed by atoms with Gasteiger partial charge >= 0.3 is 0 Å². The molecule has 0 amide bonds. The van der Waals surface area contributed by atoms with Crippen molar-refractivity contribution in [3.63, 3.8) is 0 Å². The van der Waals surface area contributed by atoms with E-state index >= 15 is 0 Å². The van der Waals surface area contributed by atoms with Crippen LogP contribution in [0.2, 0.25) is 0 Å². The van der Waals surface area contributed by atoms with E-state index in [9.17, 15) is 4.79 Å². The molecular formula is C15H15BrO2S. The maximum atomic E-state index is 12.6. The van der Waals surface area contributed by atoms with Crippen LogP contribution >= 0.6 is 27.3 Å². The molecule has 0 spiro atoms. The van der Waals surface area contributed by atoms with E-state index in [0.717, 1.165) is 19.8 Å². The second-order valence-electron chi connectivity index (χ2n) is 4.33. The summed E-state index contributed by atoms with van der Waals surface area (Å²) in [4.78, 5) is 13.3. The van der Waals surface area contributed by atoms with E-state index in [1.807, 2.05) is 45.0 Å². The van der Waals surface area contributed by atoms with E-state index < -0.39 is 0 Å². The van der Waals surface area contributed by atoms with Crippen molar-refractivity contribution >= 4 is 33.0 Å². The van der Waals surface area contributed by atoms with Gasteiger partial charge in [-0.25, -0.2) is 0 Å². The molecule has 2 nitrogen and oxygen atoms in total. The Kier molecular flexibility index (Phi) is 4.42. The number of halogens is 1. The normalized spacial score (nSPS) is 10.5. The van der Waals surface area contributed by atoms with Crippen LogP contribution in [-0.4, -0.2) is 12.4 Å². The Morgan fingerprint density at radius 2 is 2.05 bits per heavy atom. The first-order chi connectivity index (χ1) is 9.02. The quantitative estimate of drug-likeness (QED) is 0.751. The summed E-state index contributed by atoms with van der Waals surface area (Å²) in [5, 5.41) is 0. The molecule has 0 aliphatic heterocycles. The lowest BCUT2D eigenvalue weighted by atomic mass is 10.1. The first kappa shape index (κ1) is 14.3. The molecule has 0 bridgehead atoms. The minimum absolute atomic E-state index is 0.0194. The molecular weight excluding hydrogens is 324 g/mol. The van der Waals surface area contributed by atoms with Crippen molar-refractivity contribution in [2.24, 2.45) is 0 Å². The van der Waals surface area contributed by atoms with Gasteiger partial charge in [0.2, 0.25) is 5.78 Å². The molecule has 0 radical (unpaired) electrons. The van der Waals surface area contributed by atoms with Gasteiger partial charge in [0.05, 0.1) is 20.8 Å². The van der Waals surface area contributed by atoms with Crippen LogP contribution in [0.15, 0.2) is 28.1 Å². The molecule has 0 N–H and O–H groups in total. The van der Waals surface area contributed by atoms with Gasteiger partial charge in [0.15, 0.2) is 0 Å². The number of aryl methyl sites for hydroxylation is 2. The number of benzene rings is 1. The summed E-state index contributed by atoms with van der Waals surface area (Å²) in [7, 11) is 0. The molecule has 19 heavy (non-hydrogen) atoms. The fourth-order valence-corrected chi connectivity index (χ4v) is 3.30. The summed E-state index contributed by atoms with van der Waals surface area (Å²) < 4.78 is 6.55. The number of carbonyl (C=O) groups excluding carboxylic acids is 1. The zero-order chi connectivity index (χ0) is 14.0.